The van der Waals surface area contributed by atoms with E-state index in [9.17, 15) is 0 Å². The molecule has 0 saturated carbocycles. The highest BCUT2D eigenvalue weighted by molar-refractivity contribution is 7.97. The van der Waals surface area contributed by atoms with Gasteiger partial charge in [0.15, 0.2) is 0 Å². The molecule has 0 unspecified atom stereocenters. The molecule has 0 atom stereocenters. The van der Waals surface area contributed by atoms with E-state index in [4.69, 9.17) is 4.74 Å². The Morgan fingerprint density at radius 2 is 1.89 bits per heavy atom. The van der Waals surface area contributed by atoms with Gasteiger partial charge < -0.3 is 4.74 Å². The molecule has 19 heavy (non-hydrogen) atoms. The summed E-state index contributed by atoms with van der Waals surface area (Å²) in [4.78, 5) is 1.39. The summed E-state index contributed by atoms with van der Waals surface area (Å²) in [6.45, 7) is 2.08. The van der Waals surface area contributed by atoms with Gasteiger partial charge in [-0.15, -0.1) is 0 Å². The van der Waals surface area contributed by atoms with Crippen molar-refractivity contribution in [2.75, 3.05) is 13.7 Å². The fourth-order valence-corrected chi connectivity index (χ4v) is 3.38. The summed E-state index contributed by atoms with van der Waals surface area (Å²) in [5, 5.41) is 0. The monoisotopic (exact) mass is 271 g/mol. The van der Waals surface area contributed by atoms with E-state index in [0.29, 0.717) is 0 Å². The minimum atomic E-state index is 0.917. The van der Waals surface area contributed by atoms with Crippen LogP contribution in [0.1, 0.15) is 11.1 Å². The molecule has 1 aliphatic rings. The maximum Gasteiger partial charge on any atom is 0.118 e. The van der Waals surface area contributed by atoms with Gasteiger partial charge in [-0.25, -0.2) is 4.31 Å². The minimum Gasteiger partial charge on any atom is -0.497 e. The molecule has 2 aromatic carbocycles. The normalized spacial score (nSPS) is 15.0. The third kappa shape index (κ3) is 2.94. The Kier molecular flexibility index (Phi) is 3.76. The lowest BCUT2D eigenvalue weighted by Crippen LogP contribution is -2.22. The first kappa shape index (κ1) is 12.6. The second-order valence-corrected chi connectivity index (χ2v) is 5.80. The van der Waals surface area contributed by atoms with Gasteiger partial charge in [-0.1, -0.05) is 30.3 Å². The first-order chi connectivity index (χ1) is 9.35. The fourth-order valence-electron chi connectivity index (χ4n) is 2.28. The highest BCUT2D eigenvalue weighted by atomic mass is 32.2. The van der Waals surface area contributed by atoms with E-state index < -0.39 is 0 Å². The van der Waals surface area contributed by atoms with Crippen LogP contribution in [0.25, 0.3) is 0 Å². The third-order valence-electron chi connectivity index (χ3n) is 3.35. The van der Waals surface area contributed by atoms with E-state index in [-0.39, 0.29) is 0 Å². The molecule has 0 saturated heterocycles. The van der Waals surface area contributed by atoms with Gasteiger partial charge in [0.2, 0.25) is 0 Å². The van der Waals surface area contributed by atoms with E-state index in [1.807, 2.05) is 24.1 Å². The predicted octanol–water partition coefficient (Wildman–Crippen LogP) is 3.76. The molecule has 0 N–H and O–H groups in total. The quantitative estimate of drug-likeness (QED) is 0.789. The molecule has 98 valence electrons. The standard InChI is InChI=1S/C16H17NOS/c1-18-15-8-6-13(7-9-15)12-17-11-10-14-4-2-3-5-16(14)19-17/h2-9H,10-12H2,1H3. The maximum absolute atomic E-state index is 5.19. The molecular formula is C16H17NOS. The van der Waals surface area contributed by atoms with Crippen LogP contribution in [-0.4, -0.2) is 18.0 Å². The smallest absolute Gasteiger partial charge is 0.118 e. The van der Waals surface area contributed by atoms with Crippen molar-refractivity contribution in [3.05, 3.63) is 59.7 Å². The van der Waals surface area contributed by atoms with Crippen molar-refractivity contribution < 1.29 is 4.74 Å². The first-order valence-corrected chi connectivity index (χ1v) is 7.26. The number of hydrogen-bond donors (Lipinski definition) is 0. The average molecular weight is 271 g/mol. The molecule has 0 aromatic heterocycles. The highest BCUT2D eigenvalue weighted by Crippen LogP contribution is 2.32. The van der Waals surface area contributed by atoms with E-state index in [1.54, 1.807) is 7.11 Å². The number of hydrogen-bond acceptors (Lipinski definition) is 3. The molecule has 1 aliphatic heterocycles. The SMILES string of the molecule is COc1ccc(CN2CCc3ccccc3S2)cc1. The molecule has 3 rings (SSSR count). The molecule has 0 spiro atoms. The summed E-state index contributed by atoms with van der Waals surface area (Å²) in [5.41, 5.74) is 2.80. The van der Waals surface area contributed by atoms with Crippen LogP contribution in [0.4, 0.5) is 0 Å². The Bertz CT molecular complexity index is 553. The lowest BCUT2D eigenvalue weighted by Gasteiger charge is -2.27. The number of rotatable bonds is 3. The van der Waals surface area contributed by atoms with Crippen molar-refractivity contribution in [1.29, 1.82) is 0 Å². The number of fused-ring (bicyclic) bond motifs is 1. The zero-order chi connectivity index (χ0) is 13.1. The zero-order valence-corrected chi connectivity index (χ0v) is 11.8. The van der Waals surface area contributed by atoms with Crippen LogP contribution in [-0.2, 0) is 13.0 Å². The van der Waals surface area contributed by atoms with Crippen molar-refractivity contribution >= 4 is 11.9 Å². The predicted molar refractivity (Wildman–Crippen MR) is 79.4 cm³/mol. The first-order valence-electron chi connectivity index (χ1n) is 6.49. The molecule has 0 radical (unpaired) electrons. The van der Waals surface area contributed by atoms with Crippen LogP contribution in [0.3, 0.4) is 0 Å². The van der Waals surface area contributed by atoms with Gasteiger partial charge >= 0.3 is 0 Å². The van der Waals surface area contributed by atoms with Crippen LogP contribution < -0.4 is 4.74 Å². The number of ether oxygens (including phenoxy) is 1. The van der Waals surface area contributed by atoms with Crippen molar-refractivity contribution in [2.24, 2.45) is 0 Å². The lowest BCUT2D eigenvalue weighted by atomic mass is 10.1. The largest absolute Gasteiger partial charge is 0.497 e. The van der Waals surface area contributed by atoms with Gasteiger partial charge in [-0.05, 0) is 47.7 Å². The average Bonchev–Trinajstić information content (AvgIpc) is 2.48. The number of methoxy groups -OCH3 is 1. The van der Waals surface area contributed by atoms with E-state index in [0.717, 1.165) is 25.3 Å². The molecule has 0 bridgehead atoms. The lowest BCUT2D eigenvalue weighted by molar-refractivity contribution is 0.414. The summed E-state index contributed by atoms with van der Waals surface area (Å²) in [5.74, 6) is 0.917. The van der Waals surface area contributed by atoms with Crippen LogP contribution in [0, 0.1) is 0 Å². The van der Waals surface area contributed by atoms with Crippen LogP contribution in [0.2, 0.25) is 0 Å². The summed E-state index contributed by atoms with van der Waals surface area (Å²) in [6, 6.07) is 17.0. The second kappa shape index (κ2) is 5.68. The summed E-state index contributed by atoms with van der Waals surface area (Å²) < 4.78 is 7.61. The highest BCUT2D eigenvalue weighted by Gasteiger charge is 2.16. The van der Waals surface area contributed by atoms with Gasteiger partial charge in [-0.2, -0.15) is 0 Å². The zero-order valence-electron chi connectivity index (χ0n) is 11.0. The molecule has 0 fully saturated rings. The Morgan fingerprint density at radius 3 is 2.68 bits per heavy atom. The summed E-state index contributed by atoms with van der Waals surface area (Å²) in [6.07, 6.45) is 1.14. The fraction of sp³-hybridized carbons (Fsp3) is 0.250. The number of benzene rings is 2. The van der Waals surface area contributed by atoms with E-state index in [1.165, 1.54) is 16.0 Å². The molecule has 0 aliphatic carbocycles. The third-order valence-corrected chi connectivity index (χ3v) is 4.51. The molecule has 2 aromatic rings. The van der Waals surface area contributed by atoms with Gasteiger partial charge in [0, 0.05) is 18.0 Å². The topological polar surface area (TPSA) is 12.5 Å². The van der Waals surface area contributed by atoms with Crippen molar-refractivity contribution in [1.82, 2.24) is 4.31 Å². The minimum absolute atomic E-state index is 0.917. The summed E-state index contributed by atoms with van der Waals surface area (Å²) >= 11 is 1.86. The van der Waals surface area contributed by atoms with E-state index in [2.05, 4.69) is 40.7 Å². The van der Waals surface area contributed by atoms with Gasteiger partial charge in [0.05, 0.1) is 7.11 Å². The molecule has 2 nitrogen and oxygen atoms in total. The Labute approximate surface area is 118 Å². The van der Waals surface area contributed by atoms with Crippen LogP contribution >= 0.6 is 11.9 Å². The van der Waals surface area contributed by atoms with Gasteiger partial charge in [0.1, 0.15) is 5.75 Å². The molecule has 0 amide bonds. The number of nitrogens with zero attached hydrogens (tertiary/aromatic N) is 1. The summed E-state index contributed by atoms with van der Waals surface area (Å²) in [7, 11) is 1.70. The molecular weight excluding hydrogens is 254 g/mol. The Morgan fingerprint density at radius 1 is 1.11 bits per heavy atom. The molecule has 1 heterocycles. The molecule has 3 heteroatoms. The van der Waals surface area contributed by atoms with Crippen LogP contribution in [0.5, 0.6) is 5.75 Å². The Balaban J connectivity index is 1.68. The van der Waals surface area contributed by atoms with Crippen molar-refractivity contribution in [2.45, 2.75) is 17.9 Å². The van der Waals surface area contributed by atoms with Crippen molar-refractivity contribution in [3.63, 3.8) is 0 Å². The van der Waals surface area contributed by atoms with E-state index >= 15 is 0 Å². The van der Waals surface area contributed by atoms with Gasteiger partial charge in [0.25, 0.3) is 0 Å². The maximum atomic E-state index is 5.19. The Hall–Kier alpha value is -1.45. The van der Waals surface area contributed by atoms with Crippen LogP contribution in [0.15, 0.2) is 53.4 Å². The van der Waals surface area contributed by atoms with Gasteiger partial charge in [-0.3, -0.25) is 0 Å². The van der Waals surface area contributed by atoms with Crippen molar-refractivity contribution in [3.8, 4) is 5.75 Å². The second-order valence-electron chi connectivity index (χ2n) is 4.66.